The Labute approximate surface area is 83.6 Å². The van der Waals surface area contributed by atoms with Crippen LogP contribution in [0.1, 0.15) is 19.3 Å². The first-order valence-corrected chi connectivity index (χ1v) is 4.84. The van der Waals surface area contributed by atoms with Gasteiger partial charge in [-0.2, -0.15) is 0 Å². The second-order valence-corrected chi connectivity index (χ2v) is 3.04. The number of hydrogen-bond donors (Lipinski definition) is 1. The molecule has 6 heteroatoms. The maximum Gasteiger partial charge on any atom is 0.162 e. The van der Waals surface area contributed by atoms with Gasteiger partial charge in [-0.15, -0.1) is 15.0 Å². The predicted octanol–water partition coefficient (Wildman–Crippen LogP) is 0.0369. The maximum atomic E-state index is 4.68. The van der Waals surface area contributed by atoms with Crippen molar-refractivity contribution in [3.05, 3.63) is 6.33 Å². The van der Waals surface area contributed by atoms with Crippen molar-refractivity contribution in [3.63, 3.8) is 0 Å². The summed E-state index contributed by atoms with van der Waals surface area (Å²) in [4.78, 5) is 1.35. The number of nitrogens with zero attached hydrogens (tertiary/aromatic N) is 4. The Morgan fingerprint density at radius 3 is 2.50 bits per heavy atom. The summed E-state index contributed by atoms with van der Waals surface area (Å²) in [6.45, 7) is 2.86. The molecule has 2 heterocycles. The summed E-state index contributed by atoms with van der Waals surface area (Å²) < 4.78 is 4.68. The van der Waals surface area contributed by atoms with Crippen LogP contribution >= 0.6 is 0 Å². The van der Waals surface area contributed by atoms with Gasteiger partial charge in [0.25, 0.3) is 0 Å². The third kappa shape index (κ3) is 4.88. The van der Waals surface area contributed by atoms with E-state index in [1.54, 1.807) is 7.11 Å². The highest BCUT2D eigenvalue weighted by Gasteiger charge is 1.93. The van der Waals surface area contributed by atoms with Gasteiger partial charge in [-0.25, -0.2) is 0 Å². The predicted molar refractivity (Wildman–Crippen MR) is 51.5 cm³/mol. The number of hydrogen-bond acceptors (Lipinski definition) is 5. The summed E-state index contributed by atoms with van der Waals surface area (Å²) in [5, 5.41) is 14.0. The average molecular weight is 199 g/mol. The number of aromatic nitrogens is 4. The second kappa shape index (κ2) is 7.40. The fourth-order valence-corrected chi connectivity index (χ4v) is 1.16. The van der Waals surface area contributed by atoms with Crippen LogP contribution in [0.5, 0.6) is 0 Å². The summed E-state index contributed by atoms with van der Waals surface area (Å²) in [5.74, 6) is 0. The lowest BCUT2D eigenvalue weighted by molar-refractivity contribution is 0.107. The van der Waals surface area contributed by atoms with E-state index in [1.165, 1.54) is 43.5 Å². The van der Waals surface area contributed by atoms with Gasteiger partial charge in [0.05, 0.1) is 0 Å². The normalized spacial score (nSPS) is 15.8. The van der Waals surface area contributed by atoms with Gasteiger partial charge in [0.1, 0.15) is 0 Å². The van der Waals surface area contributed by atoms with E-state index >= 15 is 0 Å². The van der Waals surface area contributed by atoms with E-state index in [0.717, 1.165) is 0 Å². The molecule has 0 amide bonds. The smallest absolute Gasteiger partial charge is 0.162 e. The molecule has 1 fully saturated rings. The van der Waals surface area contributed by atoms with Gasteiger partial charge < -0.3 is 10.1 Å². The van der Waals surface area contributed by atoms with E-state index < -0.39 is 0 Å². The molecule has 1 aromatic heterocycles. The van der Waals surface area contributed by atoms with Crippen LogP contribution in [0.25, 0.3) is 0 Å². The first kappa shape index (κ1) is 11.1. The van der Waals surface area contributed by atoms with Gasteiger partial charge in [0.15, 0.2) is 13.1 Å². The van der Waals surface area contributed by atoms with Crippen LogP contribution in [0.4, 0.5) is 0 Å². The maximum absolute atomic E-state index is 4.68. The molecule has 0 saturated carbocycles. The summed E-state index contributed by atoms with van der Waals surface area (Å²) >= 11 is 0. The summed E-state index contributed by atoms with van der Waals surface area (Å²) in [6, 6.07) is 0. The molecule has 0 unspecified atom stereocenters. The minimum Gasteiger partial charge on any atom is -0.361 e. The number of nitrogens with one attached hydrogen (secondary N) is 1. The van der Waals surface area contributed by atoms with E-state index in [-0.39, 0.29) is 0 Å². The van der Waals surface area contributed by atoms with Crippen molar-refractivity contribution in [2.45, 2.75) is 26.0 Å². The zero-order chi connectivity index (χ0) is 10.1. The lowest BCUT2D eigenvalue weighted by Gasteiger charge is -2.08. The molecule has 1 saturated heterocycles. The molecule has 1 aliphatic rings. The van der Waals surface area contributed by atoms with E-state index in [4.69, 9.17) is 0 Å². The van der Waals surface area contributed by atoms with Crippen molar-refractivity contribution >= 4 is 0 Å². The Balaban J connectivity index is 0.000000146. The number of methoxy groups -OCH3 is 1. The third-order valence-electron chi connectivity index (χ3n) is 1.84. The molecule has 0 aromatic carbocycles. The van der Waals surface area contributed by atoms with Gasteiger partial charge in [-0.1, -0.05) is 6.42 Å². The molecule has 0 aliphatic carbocycles. The summed E-state index contributed by atoms with van der Waals surface area (Å²) in [5.41, 5.74) is 0. The van der Waals surface area contributed by atoms with E-state index in [2.05, 4.69) is 25.5 Å². The average Bonchev–Trinajstić information content (AvgIpc) is 2.75. The molecule has 0 spiro atoms. The molecule has 1 N–H and O–H groups in total. The lowest BCUT2D eigenvalue weighted by Crippen LogP contribution is -2.21. The Bertz CT molecular complexity index is 198. The quantitative estimate of drug-likeness (QED) is 0.728. The van der Waals surface area contributed by atoms with Crippen LogP contribution in [-0.2, 0) is 11.5 Å². The molecule has 6 nitrogen and oxygen atoms in total. The second-order valence-electron chi connectivity index (χ2n) is 3.04. The molecule has 80 valence electrons. The molecule has 1 aromatic rings. The molecule has 14 heavy (non-hydrogen) atoms. The van der Waals surface area contributed by atoms with Gasteiger partial charge in [-0.3, -0.25) is 0 Å². The molecule has 0 bridgehead atoms. The third-order valence-corrected chi connectivity index (χ3v) is 1.84. The van der Waals surface area contributed by atoms with Crippen LogP contribution in [0.3, 0.4) is 0 Å². The Morgan fingerprint density at radius 1 is 1.36 bits per heavy atom. The molecule has 0 radical (unpaired) electrons. The van der Waals surface area contributed by atoms with E-state index in [0.29, 0.717) is 6.73 Å². The number of rotatable bonds is 2. The van der Waals surface area contributed by atoms with Crippen molar-refractivity contribution < 1.29 is 4.74 Å². The van der Waals surface area contributed by atoms with Gasteiger partial charge in [0.2, 0.25) is 0 Å². The molecule has 1 aliphatic heterocycles. The highest BCUT2D eigenvalue weighted by molar-refractivity contribution is 4.55. The van der Waals surface area contributed by atoms with Gasteiger partial charge >= 0.3 is 0 Å². The van der Waals surface area contributed by atoms with Gasteiger partial charge in [-0.05, 0) is 31.1 Å². The van der Waals surface area contributed by atoms with Crippen LogP contribution in [-0.4, -0.2) is 40.4 Å². The minimum absolute atomic E-state index is 0.361. The minimum atomic E-state index is 0.361. The lowest BCUT2D eigenvalue weighted by atomic mass is 10.2. The standard InChI is InChI=1S/C5H11N.C3H6N4O/c1-2-4-6-5-3-1;1-8-3-7-5-2-4-6-7/h6H,1-5H2;2H,3H2,1H3. The van der Waals surface area contributed by atoms with Crippen molar-refractivity contribution in [2.24, 2.45) is 0 Å². The first-order valence-electron chi connectivity index (χ1n) is 4.84. The van der Waals surface area contributed by atoms with Crippen molar-refractivity contribution in [2.75, 3.05) is 20.2 Å². The molecular weight excluding hydrogens is 182 g/mol. The zero-order valence-electron chi connectivity index (χ0n) is 8.52. The van der Waals surface area contributed by atoms with Gasteiger partial charge in [0, 0.05) is 7.11 Å². The number of tetrazole rings is 1. The van der Waals surface area contributed by atoms with Crippen molar-refractivity contribution in [3.8, 4) is 0 Å². The van der Waals surface area contributed by atoms with Crippen LogP contribution < -0.4 is 5.32 Å². The van der Waals surface area contributed by atoms with Crippen LogP contribution in [0.15, 0.2) is 6.33 Å². The zero-order valence-corrected chi connectivity index (χ0v) is 8.52. The fraction of sp³-hybridized carbons (Fsp3) is 0.875. The highest BCUT2D eigenvalue weighted by Crippen LogP contribution is 1.96. The SMILES string of the molecule is C1CCNCC1.COCn1ncnn1. The summed E-state index contributed by atoms with van der Waals surface area (Å²) in [6.07, 6.45) is 5.58. The fourth-order valence-electron chi connectivity index (χ4n) is 1.16. The topological polar surface area (TPSA) is 64.9 Å². The molecule has 2 rings (SSSR count). The van der Waals surface area contributed by atoms with Crippen LogP contribution in [0, 0.1) is 0 Å². The Kier molecular flexibility index (Phi) is 5.85. The summed E-state index contributed by atoms with van der Waals surface area (Å²) in [7, 11) is 1.57. The monoisotopic (exact) mass is 199 g/mol. The van der Waals surface area contributed by atoms with E-state index in [9.17, 15) is 0 Å². The number of piperidine rings is 1. The molecule has 0 atom stereocenters. The highest BCUT2D eigenvalue weighted by atomic mass is 16.5. The Morgan fingerprint density at radius 2 is 2.14 bits per heavy atom. The van der Waals surface area contributed by atoms with Crippen molar-refractivity contribution in [1.82, 2.24) is 25.5 Å². The van der Waals surface area contributed by atoms with Crippen molar-refractivity contribution in [1.29, 1.82) is 0 Å². The van der Waals surface area contributed by atoms with Crippen LogP contribution in [0.2, 0.25) is 0 Å². The molecular formula is C8H17N5O. The first-order chi connectivity index (χ1) is 6.93. The largest absolute Gasteiger partial charge is 0.361 e. The van der Waals surface area contributed by atoms with E-state index in [1.807, 2.05) is 0 Å². The number of ether oxygens (including phenoxy) is 1. The Hall–Kier alpha value is -1.01.